The van der Waals surface area contributed by atoms with Gasteiger partial charge in [0.2, 0.25) is 0 Å². The average molecular weight is 1110 g/mol. The Morgan fingerprint density at radius 2 is 0.946 bits per heavy atom. The average Bonchev–Trinajstić information content (AvgIpc) is 4.06. The predicted molar refractivity (Wildman–Crippen MR) is 273 cm³/mol. The van der Waals surface area contributed by atoms with Crippen LogP contribution in [0.3, 0.4) is 0 Å². The summed E-state index contributed by atoms with van der Waals surface area (Å²) in [6, 6.07) is 12.6. The van der Waals surface area contributed by atoms with Crippen molar-refractivity contribution in [2.45, 2.75) is 73.0 Å². The Hall–Kier alpha value is -6.78. The Bertz CT molecular complexity index is 2950. The molecule has 0 N–H and O–H groups in total. The molecule has 0 saturated carbocycles. The minimum atomic E-state index is -4.22. The summed E-state index contributed by atoms with van der Waals surface area (Å²) in [6.45, 7) is 12.8. The number of sulfone groups is 1. The smallest absolute Gasteiger partial charge is 0.344 e. The molecule has 24 heteroatoms. The molecule has 388 valence electrons. The number of thioether (sulfide) groups is 4. The summed E-state index contributed by atoms with van der Waals surface area (Å²) in [5.41, 5.74) is -1.10. The highest BCUT2D eigenvalue weighted by Crippen LogP contribution is 2.69. The molecule has 0 spiro atoms. The molecule has 0 radical (unpaired) electrons. The number of unbranched alkanes of at least 4 members (excludes halogenated alkanes) is 2. The van der Waals surface area contributed by atoms with Gasteiger partial charge in [-0.05, 0) is 51.0 Å². The second-order valence-corrected chi connectivity index (χ2v) is 22.6. The first-order valence-electron chi connectivity index (χ1n) is 22.5. The number of benzene rings is 3. The quantitative estimate of drug-likeness (QED) is 0.0185. The third-order valence-corrected chi connectivity index (χ3v) is 16.9. The van der Waals surface area contributed by atoms with Crippen molar-refractivity contribution in [1.82, 2.24) is 10.0 Å². The van der Waals surface area contributed by atoms with Crippen LogP contribution in [0.25, 0.3) is 0 Å². The summed E-state index contributed by atoms with van der Waals surface area (Å²) in [4.78, 5) is 108. The van der Waals surface area contributed by atoms with Gasteiger partial charge in [-0.3, -0.25) is 9.59 Å². The van der Waals surface area contributed by atoms with Crippen LogP contribution < -0.4 is 9.47 Å². The van der Waals surface area contributed by atoms with E-state index in [1.54, 1.807) is 6.07 Å². The predicted octanol–water partition coefficient (Wildman–Crippen LogP) is 8.21. The molecule has 2 amide bonds. The van der Waals surface area contributed by atoms with Crippen LogP contribution in [0.4, 0.5) is 0 Å². The van der Waals surface area contributed by atoms with Crippen molar-refractivity contribution in [2.75, 3.05) is 45.8 Å². The molecular formula is C50H47N3O16S5. The molecule has 3 heterocycles. The Balaban J connectivity index is 1.50. The molecule has 3 aromatic carbocycles. The molecule has 0 atom stereocenters. The first-order chi connectivity index (χ1) is 35.2. The fraction of sp³-hybridized carbons (Fsp3) is 0.300. The summed E-state index contributed by atoms with van der Waals surface area (Å²) in [6.07, 6.45) is 3.40. The number of rotatable bonds is 21. The number of hydrogen-bond acceptors (Lipinski definition) is 21. The van der Waals surface area contributed by atoms with Crippen molar-refractivity contribution >= 4 is 105 Å². The highest BCUT2D eigenvalue weighted by Gasteiger charge is 2.47. The maximum atomic E-state index is 14.5. The number of fused-ring (bicyclic) bond motifs is 2. The van der Waals surface area contributed by atoms with Gasteiger partial charge in [-0.2, -0.15) is 5.26 Å². The SMILES string of the molecule is C=C(C)C(=O)OCCOC(=O)c1ccccc1C(=O)Oc1c2c(c(OC(=O)c3ccccc3C(=O)OCCOC(=O)C(=C)C)c3c1SC(=C(C#N)S(C)(=O)=O)S3)SC(=C1C(=O)N(CCCC)N(CCCC)C1=O)S2. The second-order valence-electron chi connectivity index (χ2n) is 16.1. The van der Waals surface area contributed by atoms with Crippen molar-refractivity contribution in [2.24, 2.45) is 0 Å². The number of carbonyl (C=O) groups excluding carboxylic acids is 8. The molecule has 1 saturated heterocycles. The van der Waals surface area contributed by atoms with E-state index < -0.39 is 62.4 Å². The van der Waals surface area contributed by atoms with Crippen LogP contribution in [-0.2, 0) is 48.0 Å². The number of allylic oxidation sites excluding steroid dienone is 1. The van der Waals surface area contributed by atoms with Gasteiger partial charge in [0.25, 0.3) is 11.8 Å². The zero-order chi connectivity index (χ0) is 54.0. The largest absolute Gasteiger partial charge is 0.459 e. The van der Waals surface area contributed by atoms with Gasteiger partial charge in [0.15, 0.2) is 26.2 Å². The number of ether oxygens (including phenoxy) is 6. The molecule has 0 aliphatic carbocycles. The summed E-state index contributed by atoms with van der Waals surface area (Å²) >= 11 is 3.06. The molecule has 3 aromatic rings. The van der Waals surface area contributed by atoms with Crippen LogP contribution >= 0.6 is 47.0 Å². The summed E-state index contributed by atoms with van der Waals surface area (Å²) < 4.78 is 59.1. The van der Waals surface area contributed by atoms with Gasteiger partial charge < -0.3 is 28.4 Å². The fourth-order valence-corrected chi connectivity index (χ4v) is 13.6. The van der Waals surface area contributed by atoms with E-state index >= 15 is 0 Å². The first-order valence-corrected chi connectivity index (χ1v) is 27.7. The van der Waals surface area contributed by atoms with Crippen LogP contribution in [0.15, 0.2) is 111 Å². The number of nitrogens with zero attached hydrogens (tertiary/aromatic N) is 3. The highest BCUT2D eigenvalue weighted by molar-refractivity contribution is 8.26. The Morgan fingerprint density at radius 1 is 0.595 bits per heavy atom. The van der Waals surface area contributed by atoms with Gasteiger partial charge in [0, 0.05) is 30.5 Å². The molecule has 1 fully saturated rings. The monoisotopic (exact) mass is 1110 g/mol. The van der Waals surface area contributed by atoms with Crippen molar-refractivity contribution in [3.8, 4) is 17.6 Å². The lowest BCUT2D eigenvalue weighted by Gasteiger charge is -2.27. The normalized spacial score (nSPS) is 13.7. The summed E-state index contributed by atoms with van der Waals surface area (Å²) in [5, 5.41) is 12.9. The fourth-order valence-electron chi connectivity index (χ4n) is 6.78. The molecule has 0 aromatic heterocycles. The van der Waals surface area contributed by atoms with Crippen LogP contribution in [0.1, 0.15) is 94.8 Å². The van der Waals surface area contributed by atoms with Crippen molar-refractivity contribution in [3.05, 3.63) is 114 Å². The van der Waals surface area contributed by atoms with E-state index in [0.717, 1.165) is 29.8 Å². The van der Waals surface area contributed by atoms with Crippen molar-refractivity contribution in [3.63, 3.8) is 0 Å². The standard InChI is InChI=1S/C50H47N3O16S5/c1-8-10-20-52-41(54)34(42(55)53(52)21-11-9-2)50-72-39-35(68-47(60)31-18-14-12-16-29(31)45(58)66-24-22-64-43(56)27(3)4)37-38(71-49(70-37)33(26-51)74(7,62)63)36(40(39)73-50)69-48(61)32-19-15-13-17-30(32)46(59)67-25-23-65-44(57)28(5)6/h12-19H,3,5,8-11,20-25H2,1-2,4,6-7H3. The van der Waals surface area contributed by atoms with Gasteiger partial charge in [-0.25, -0.2) is 47.2 Å². The van der Waals surface area contributed by atoms with Gasteiger partial charge >= 0.3 is 35.8 Å². The van der Waals surface area contributed by atoms with Gasteiger partial charge in [-0.1, -0.05) is 111 Å². The number of amides is 2. The van der Waals surface area contributed by atoms with Crippen molar-refractivity contribution in [1.29, 1.82) is 5.26 Å². The van der Waals surface area contributed by atoms with Crippen LogP contribution in [0.5, 0.6) is 11.5 Å². The Morgan fingerprint density at radius 3 is 1.28 bits per heavy atom. The molecule has 74 heavy (non-hydrogen) atoms. The van der Waals surface area contributed by atoms with E-state index in [-0.39, 0.29) is 118 Å². The number of nitriles is 1. The minimum absolute atomic E-state index is 0.0173. The third-order valence-electron chi connectivity index (χ3n) is 10.4. The van der Waals surface area contributed by atoms with E-state index in [0.29, 0.717) is 49.2 Å². The zero-order valence-electron chi connectivity index (χ0n) is 40.5. The van der Waals surface area contributed by atoms with Crippen LogP contribution in [0, 0.1) is 11.3 Å². The Kier molecular flexibility index (Phi) is 19.1. The molecule has 3 aliphatic rings. The van der Waals surface area contributed by atoms with E-state index in [2.05, 4.69) is 13.2 Å². The number of hydrogen-bond donors (Lipinski definition) is 0. The van der Waals surface area contributed by atoms with Gasteiger partial charge in [0.1, 0.15) is 38.1 Å². The molecule has 6 rings (SSSR count). The molecule has 0 unspecified atom stereocenters. The topological polar surface area (TPSA) is 256 Å². The van der Waals surface area contributed by atoms with E-state index in [1.807, 2.05) is 13.8 Å². The minimum Gasteiger partial charge on any atom is -0.459 e. The molecule has 3 aliphatic heterocycles. The van der Waals surface area contributed by atoms with E-state index in [4.69, 9.17) is 28.4 Å². The van der Waals surface area contributed by atoms with E-state index in [9.17, 15) is 52.0 Å². The lowest BCUT2D eigenvalue weighted by molar-refractivity contribution is -0.147. The number of carbonyl (C=O) groups is 8. The Labute approximate surface area is 442 Å². The van der Waals surface area contributed by atoms with E-state index in [1.165, 1.54) is 72.4 Å². The lowest BCUT2D eigenvalue weighted by atomic mass is 10.1. The third kappa shape index (κ3) is 12.8. The van der Waals surface area contributed by atoms with Crippen molar-refractivity contribution < 1.29 is 75.2 Å². The van der Waals surface area contributed by atoms with Crippen LogP contribution in [-0.4, -0.2) is 112 Å². The lowest BCUT2D eigenvalue weighted by Crippen LogP contribution is -2.42. The summed E-state index contributed by atoms with van der Waals surface area (Å²) in [7, 11) is -4.22. The van der Waals surface area contributed by atoms with Gasteiger partial charge in [0.05, 0.1) is 50.3 Å². The first kappa shape index (κ1) is 56.5. The van der Waals surface area contributed by atoms with Gasteiger partial charge in [-0.15, -0.1) is 0 Å². The maximum absolute atomic E-state index is 14.5. The van der Waals surface area contributed by atoms with Crippen LogP contribution in [0.2, 0.25) is 0 Å². The number of esters is 6. The summed E-state index contributed by atoms with van der Waals surface area (Å²) in [5.74, 6) is -7.42. The highest BCUT2D eigenvalue weighted by atomic mass is 32.2. The maximum Gasteiger partial charge on any atom is 0.344 e. The molecule has 19 nitrogen and oxygen atoms in total. The number of hydrazine groups is 1. The molecule has 0 bridgehead atoms. The molecular weight excluding hydrogens is 1060 g/mol. The zero-order valence-corrected chi connectivity index (χ0v) is 44.6. The second kappa shape index (κ2) is 25.0.